The summed E-state index contributed by atoms with van der Waals surface area (Å²) in [5.74, 6) is 1.37. The van der Waals surface area contributed by atoms with Gasteiger partial charge in [-0.3, -0.25) is 0 Å². The standard InChI is InChI=1S/2C24H18O3/c2*25-22-7-1-16(2-8-22)19-13-20(17-3-9-23(26)10-4-17)15-21(14-19)18-5-11-24(27)12-6-18/h2*1-15,25-27H. The molecule has 8 aromatic rings. The Balaban J connectivity index is 0.000000167. The van der Waals surface area contributed by atoms with Crippen LogP contribution in [0, 0.1) is 0 Å². The first-order chi connectivity index (χ1) is 26.2. The van der Waals surface area contributed by atoms with Crippen LogP contribution in [0.5, 0.6) is 34.5 Å². The van der Waals surface area contributed by atoms with E-state index in [1.807, 2.05) is 72.8 Å². The molecule has 0 aliphatic carbocycles. The van der Waals surface area contributed by atoms with Crippen molar-refractivity contribution < 1.29 is 30.6 Å². The van der Waals surface area contributed by atoms with E-state index >= 15 is 0 Å². The van der Waals surface area contributed by atoms with Gasteiger partial charge in [-0.1, -0.05) is 72.8 Å². The number of phenols is 6. The summed E-state index contributed by atoms with van der Waals surface area (Å²) >= 11 is 0. The Morgan fingerprint density at radius 2 is 0.259 bits per heavy atom. The van der Waals surface area contributed by atoms with Gasteiger partial charge in [0.25, 0.3) is 0 Å². The molecule has 54 heavy (non-hydrogen) atoms. The highest BCUT2D eigenvalue weighted by Gasteiger charge is 2.10. The van der Waals surface area contributed by atoms with Crippen molar-refractivity contribution in [2.75, 3.05) is 0 Å². The molecule has 6 heteroatoms. The maximum Gasteiger partial charge on any atom is 0.115 e. The maximum absolute atomic E-state index is 9.57. The quantitative estimate of drug-likeness (QED) is 0.102. The van der Waals surface area contributed by atoms with Crippen LogP contribution < -0.4 is 0 Å². The van der Waals surface area contributed by atoms with E-state index < -0.39 is 0 Å². The Bertz CT molecular complexity index is 2000. The van der Waals surface area contributed by atoms with Crippen LogP contribution in [-0.4, -0.2) is 30.6 Å². The summed E-state index contributed by atoms with van der Waals surface area (Å²) in [4.78, 5) is 0. The van der Waals surface area contributed by atoms with Crippen molar-refractivity contribution in [1.82, 2.24) is 0 Å². The van der Waals surface area contributed by atoms with E-state index in [4.69, 9.17) is 0 Å². The molecular weight excluding hydrogens is 673 g/mol. The first-order valence-corrected chi connectivity index (χ1v) is 17.2. The molecule has 0 saturated heterocycles. The van der Waals surface area contributed by atoms with Crippen molar-refractivity contribution >= 4 is 0 Å². The highest BCUT2D eigenvalue weighted by molar-refractivity contribution is 5.83. The van der Waals surface area contributed by atoms with Crippen molar-refractivity contribution in [3.63, 3.8) is 0 Å². The Morgan fingerprint density at radius 3 is 0.370 bits per heavy atom. The summed E-state index contributed by atoms with van der Waals surface area (Å²) < 4.78 is 0. The van der Waals surface area contributed by atoms with Gasteiger partial charge in [-0.05, 0) is 176 Å². The smallest absolute Gasteiger partial charge is 0.115 e. The van der Waals surface area contributed by atoms with E-state index in [1.54, 1.807) is 72.8 Å². The van der Waals surface area contributed by atoms with Crippen LogP contribution in [0.3, 0.4) is 0 Å². The van der Waals surface area contributed by atoms with Gasteiger partial charge in [-0.15, -0.1) is 0 Å². The zero-order valence-corrected chi connectivity index (χ0v) is 29.0. The van der Waals surface area contributed by atoms with Gasteiger partial charge in [-0.2, -0.15) is 0 Å². The van der Waals surface area contributed by atoms with Crippen LogP contribution in [0.2, 0.25) is 0 Å². The van der Waals surface area contributed by atoms with Gasteiger partial charge in [0.2, 0.25) is 0 Å². The topological polar surface area (TPSA) is 121 Å². The fourth-order valence-electron chi connectivity index (χ4n) is 6.18. The second kappa shape index (κ2) is 15.4. The molecule has 0 aliphatic rings. The number of phenolic OH excluding ortho intramolecular Hbond substituents is 6. The van der Waals surface area contributed by atoms with Crippen molar-refractivity contribution in [3.05, 3.63) is 182 Å². The van der Waals surface area contributed by atoms with Crippen LogP contribution in [-0.2, 0) is 0 Å². The molecule has 0 bridgehead atoms. The molecule has 0 aromatic heterocycles. The Morgan fingerprint density at radius 1 is 0.148 bits per heavy atom. The van der Waals surface area contributed by atoms with Crippen LogP contribution >= 0.6 is 0 Å². The zero-order valence-electron chi connectivity index (χ0n) is 29.0. The van der Waals surface area contributed by atoms with Gasteiger partial charge < -0.3 is 30.6 Å². The lowest BCUT2D eigenvalue weighted by Gasteiger charge is -2.12. The molecule has 6 N–H and O–H groups in total. The molecule has 264 valence electrons. The summed E-state index contributed by atoms with van der Waals surface area (Å²) in [6, 6.07) is 55.1. The number of aromatic hydroxyl groups is 6. The summed E-state index contributed by atoms with van der Waals surface area (Å²) in [6.45, 7) is 0. The highest BCUT2D eigenvalue weighted by Crippen LogP contribution is 2.36. The Kier molecular flexibility index (Phi) is 10.00. The summed E-state index contributed by atoms with van der Waals surface area (Å²) in [7, 11) is 0. The van der Waals surface area contributed by atoms with Crippen molar-refractivity contribution in [2.24, 2.45) is 0 Å². The SMILES string of the molecule is Oc1ccc(-c2cc(-c3ccc(O)cc3)cc(-c3ccc(O)cc3)c2)cc1.Oc1ccc(-c2cc(-c3ccc(O)cc3)cc(-c3ccc(O)cc3)c2)cc1. The lowest BCUT2D eigenvalue weighted by Crippen LogP contribution is -1.86. The molecule has 0 heterocycles. The van der Waals surface area contributed by atoms with E-state index in [9.17, 15) is 30.6 Å². The van der Waals surface area contributed by atoms with Gasteiger partial charge in [0.15, 0.2) is 0 Å². The lowest BCUT2D eigenvalue weighted by molar-refractivity contribution is 0.475. The van der Waals surface area contributed by atoms with E-state index in [1.165, 1.54) is 0 Å². The minimum atomic E-state index is 0.229. The normalized spacial score (nSPS) is 10.7. The fourth-order valence-corrected chi connectivity index (χ4v) is 6.18. The molecular formula is C48H36O6. The van der Waals surface area contributed by atoms with Gasteiger partial charge in [-0.25, -0.2) is 0 Å². The summed E-state index contributed by atoms with van der Waals surface area (Å²) in [6.07, 6.45) is 0. The van der Waals surface area contributed by atoms with E-state index in [2.05, 4.69) is 36.4 Å². The van der Waals surface area contributed by atoms with Gasteiger partial charge >= 0.3 is 0 Å². The van der Waals surface area contributed by atoms with Gasteiger partial charge in [0.05, 0.1) is 0 Å². The van der Waals surface area contributed by atoms with Gasteiger partial charge in [0, 0.05) is 0 Å². The van der Waals surface area contributed by atoms with Crippen LogP contribution in [0.4, 0.5) is 0 Å². The first kappa shape index (κ1) is 35.0. The van der Waals surface area contributed by atoms with E-state index in [-0.39, 0.29) is 34.5 Å². The molecule has 0 aliphatic heterocycles. The average Bonchev–Trinajstić information content (AvgIpc) is 3.19. The maximum atomic E-state index is 9.57. The number of hydrogen-bond acceptors (Lipinski definition) is 6. The largest absolute Gasteiger partial charge is 0.508 e. The number of rotatable bonds is 6. The summed E-state index contributed by atoms with van der Waals surface area (Å²) in [5, 5.41) is 57.4. The van der Waals surface area contributed by atoms with Gasteiger partial charge in [0.1, 0.15) is 34.5 Å². The molecule has 6 nitrogen and oxygen atoms in total. The van der Waals surface area contributed by atoms with Crippen LogP contribution in [0.15, 0.2) is 182 Å². The van der Waals surface area contributed by atoms with E-state index in [0.717, 1.165) is 66.8 Å². The highest BCUT2D eigenvalue weighted by atomic mass is 16.3. The molecule has 0 amide bonds. The molecule has 0 spiro atoms. The fraction of sp³-hybridized carbons (Fsp3) is 0. The molecule has 0 saturated carbocycles. The lowest BCUT2D eigenvalue weighted by atomic mass is 9.93. The molecule has 0 fully saturated rings. The molecule has 8 rings (SSSR count). The van der Waals surface area contributed by atoms with Crippen LogP contribution in [0.25, 0.3) is 66.8 Å². The molecule has 8 aromatic carbocycles. The monoisotopic (exact) mass is 708 g/mol. The predicted octanol–water partition coefficient (Wildman–Crippen LogP) is 11.6. The van der Waals surface area contributed by atoms with Crippen LogP contribution in [0.1, 0.15) is 0 Å². The van der Waals surface area contributed by atoms with E-state index in [0.29, 0.717) is 0 Å². The molecule has 0 radical (unpaired) electrons. The zero-order chi connectivity index (χ0) is 37.6. The van der Waals surface area contributed by atoms with Crippen molar-refractivity contribution in [3.8, 4) is 101 Å². The molecule has 0 unspecified atom stereocenters. The molecule has 0 atom stereocenters. The third-order valence-corrected chi connectivity index (χ3v) is 9.07. The second-order valence-electron chi connectivity index (χ2n) is 12.9. The predicted molar refractivity (Wildman–Crippen MR) is 215 cm³/mol. The third kappa shape index (κ3) is 8.36. The van der Waals surface area contributed by atoms with Crippen molar-refractivity contribution in [2.45, 2.75) is 0 Å². The first-order valence-electron chi connectivity index (χ1n) is 17.2. The Hall–Kier alpha value is -7.44. The van der Waals surface area contributed by atoms with Crippen molar-refractivity contribution in [1.29, 1.82) is 0 Å². The minimum absolute atomic E-state index is 0.229. The summed E-state index contributed by atoms with van der Waals surface area (Å²) in [5.41, 5.74) is 12.1. The number of benzene rings is 8. The third-order valence-electron chi connectivity index (χ3n) is 9.07. The second-order valence-corrected chi connectivity index (χ2v) is 12.9. The Labute approximate surface area is 313 Å². The minimum Gasteiger partial charge on any atom is -0.508 e. The number of hydrogen-bond donors (Lipinski definition) is 6. The average molecular weight is 709 g/mol.